The lowest BCUT2D eigenvalue weighted by atomic mass is 10.1. The minimum atomic E-state index is -3.54. The van der Waals surface area contributed by atoms with E-state index in [0.29, 0.717) is 0 Å². The highest BCUT2D eigenvalue weighted by molar-refractivity contribution is 8.13. The van der Waals surface area contributed by atoms with Crippen molar-refractivity contribution in [3.05, 3.63) is 48.0 Å². The molecular formula is C17H16ClNO2S. The Kier molecular flexibility index (Phi) is 3.20. The molecule has 2 aromatic carbocycles. The van der Waals surface area contributed by atoms with E-state index in [1.165, 1.54) is 29.3 Å². The number of hydrogen-bond acceptors (Lipinski definition) is 2. The van der Waals surface area contributed by atoms with Crippen LogP contribution in [0.3, 0.4) is 0 Å². The summed E-state index contributed by atoms with van der Waals surface area (Å²) in [5.74, 6) is 0.647. The molecule has 114 valence electrons. The molecule has 0 saturated heterocycles. The number of aromatic nitrogens is 1. The maximum Gasteiger partial charge on any atom is 0.236 e. The van der Waals surface area contributed by atoms with Gasteiger partial charge in [0.2, 0.25) is 9.05 Å². The van der Waals surface area contributed by atoms with E-state index < -0.39 is 9.05 Å². The van der Waals surface area contributed by atoms with E-state index in [2.05, 4.69) is 22.8 Å². The lowest BCUT2D eigenvalue weighted by molar-refractivity contribution is 0.609. The lowest BCUT2D eigenvalue weighted by Gasteiger charge is -2.06. The summed E-state index contributed by atoms with van der Waals surface area (Å²) in [5, 5.41) is 2.28. The molecule has 1 aliphatic rings. The van der Waals surface area contributed by atoms with Gasteiger partial charge in [0.25, 0.3) is 0 Å². The Labute approximate surface area is 133 Å². The van der Waals surface area contributed by atoms with Crippen molar-refractivity contribution >= 4 is 41.5 Å². The molecule has 0 unspecified atom stereocenters. The molecule has 1 saturated carbocycles. The zero-order valence-corrected chi connectivity index (χ0v) is 13.6. The van der Waals surface area contributed by atoms with Crippen molar-refractivity contribution in [1.29, 1.82) is 0 Å². The molecule has 0 atom stereocenters. The van der Waals surface area contributed by atoms with Gasteiger partial charge < -0.3 is 4.57 Å². The summed E-state index contributed by atoms with van der Waals surface area (Å²) in [7, 11) is 1.85. The van der Waals surface area contributed by atoms with Crippen LogP contribution >= 0.6 is 10.7 Å². The summed E-state index contributed by atoms with van der Waals surface area (Å²) in [6.07, 6.45) is 2.60. The third-order valence-corrected chi connectivity index (χ3v) is 5.32. The Balaban J connectivity index is 1.93. The van der Waals surface area contributed by atoms with Crippen molar-refractivity contribution in [2.24, 2.45) is 5.92 Å². The fourth-order valence-corrected chi connectivity index (χ4v) is 4.10. The van der Waals surface area contributed by atoms with Crippen LogP contribution in [0.25, 0.3) is 21.8 Å². The topological polar surface area (TPSA) is 39.1 Å². The first-order valence-electron chi connectivity index (χ1n) is 7.43. The van der Waals surface area contributed by atoms with Gasteiger partial charge in [-0.15, -0.1) is 0 Å². The number of halogens is 1. The van der Waals surface area contributed by atoms with Gasteiger partial charge in [-0.25, -0.2) is 8.42 Å². The Morgan fingerprint density at radius 1 is 1.05 bits per heavy atom. The van der Waals surface area contributed by atoms with Gasteiger partial charge in [0.1, 0.15) is 0 Å². The van der Waals surface area contributed by atoms with Gasteiger partial charge in [-0.05, 0) is 42.5 Å². The minimum Gasteiger partial charge on any atom is -0.340 e. The number of hydrogen-bond donors (Lipinski definition) is 0. The van der Waals surface area contributed by atoms with Crippen LogP contribution in [0, 0.1) is 5.92 Å². The van der Waals surface area contributed by atoms with Crippen molar-refractivity contribution in [2.45, 2.75) is 25.1 Å². The Morgan fingerprint density at radius 3 is 2.50 bits per heavy atom. The number of para-hydroxylation sites is 1. The first-order valence-corrected chi connectivity index (χ1v) is 9.91. The highest BCUT2D eigenvalue weighted by atomic mass is 35.7. The summed E-state index contributed by atoms with van der Waals surface area (Å²) >= 11 is 0. The predicted molar refractivity (Wildman–Crippen MR) is 90.6 cm³/mol. The normalized spacial score (nSPS) is 15.7. The van der Waals surface area contributed by atoms with Crippen LogP contribution < -0.4 is 0 Å². The summed E-state index contributed by atoms with van der Waals surface area (Å²) in [5.41, 5.74) is 3.12. The molecule has 1 heterocycles. The maximum absolute atomic E-state index is 11.3. The Bertz CT molecular complexity index is 971. The molecule has 1 fully saturated rings. The molecule has 4 rings (SSSR count). The maximum atomic E-state index is 11.3. The smallest absolute Gasteiger partial charge is 0.236 e. The SMILES string of the molecule is O=S(=O)(Cl)Cc1ccc2c(c1)c1ccccc1n2CC1CC1. The zero-order chi connectivity index (χ0) is 15.3. The van der Waals surface area contributed by atoms with E-state index in [4.69, 9.17) is 10.7 Å². The van der Waals surface area contributed by atoms with Gasteiger partial charge in [-0.2, -0.15) is 0 Å². The molecule has 1 aliphatic carbocycles. The van der Waals surface area contributed by atoms with E-state index in [1.54, 1.807) is 0 Å². The van der Waals surface area contributed by atoms with Crippen LogP contribution in [0.4, 0.5) is 0 Å². The molecule has 0 N–H and O–H groups in total. The molecule has 0 amide bonds. The van der Waals surface area contributed by atoms with Crippen molar-refractivity contribution in [2.75, 3.05) is 0 Å². The third-order valence-electron chi connectivity index (χ3n) is 4.31. The van der Waals surface area contributed by atoms with E-state index in [1.807, 2.05) is 24.3 Å². The largest absolute Gasteiger partial charge is 0.340 e. The Hall–Kier alpha value is -1.52. The summed E-state index contributed by atoms with van der Waals surface area (Å²) in [4.78, 5) is 0. The lowest BCUT2D eigenvalue weighted by Crippen LogP contribution is -1.99. The van der Waals surface area contributed by atoms with Crippen molar-refractivity contribution in [1.82, 2.24) is 4.57 Å². The highest BCUT2D eigenvalue weighted by Crippen LogP contribution is 2.36. The standard InChI is InChI=1S/C17H16ClNO2S/c18-22(20,21)11-13-7-8-17-15(9-13)14-3-1-2-4-16(14)19(17)10-12-5-6-12/h1-4,7-9,12H,5-6,10-11H2. The molecule has 22 heavy (non-hydrogen) atoms. The summed E-state index contributed by atoms with van der Waals surface area (Å²) in [6, 6.07) is 14.2. The number of benzene rings is 2. The van der Waals surface area contributed by atoms with Gasteiger partial charge in [-0.3, -0.25) is 0 Å². The molecular weight excluding hydrogens is 318 g/mol. The van der Waals surface area contributed by atoms with Crippen molar-refractivity contribution in [3.63, 3.8) is 0 Å². The van der Waals surface area contributed by atoms with Gasteiger partial charge in [0.15, 0.2) is 0 Å². The average molecular weight is 334 g/mol. The third kappa shape index (κ3) is 2.61. The molecule has 3 aromatic rings. The van der Waals surface area contributed by atoms with Gasteiger partial charge in [0.05, 0.1) is 5.75 Å². The second-order valence-corrected chi connectivity index (χ2v) is 8.88. The van der Waals surface area contributed by atoms with Gasteiger partial charge in [0, 0.05) is 39.0 Å². The number of rotatable bonds is 4. The van der Waals surface area contributed by atoms with E-state index in [9.17, 15) is 8.42 Å². The van der Waals surface area contributed by atoms with Crippen molar-refractivity contribution in [3.8, 4) is 0 Å². The Morgan fingerprint density at radius 2 is 1.77 bits per heavy atom. The minimum absolute atomic E-state index is 0.132. The zero-order valence-electron chi connectivity index (χ0n) is 12.0. The molecule has 0 spiro atoms. The molecule has 0 bridgehead atoms. The van der Waals surface area contributed by atoms with Crippen LogP contribution in [-0.2, 0) is 21.3 Å². The molecule has 0 aliphatic heterocycles. The monoisotopic (exact) mass is 333 g/mol. The van der Waals surface area contributed by atoms with Gasteiger partial charge >= 0.3 is 0 Å². The first kappa shape index (κ1) is 14.1. The fraction of sp³-hybridized carbons (Fsp3) is 0.294. The molecule has 1 aromatic heterocycles. The summed E-state index contributed by atoms with van der Waals surface area (Å²) < 4.78 is 25.0. The summed E-state index contributed by atoms with van der Waals surface area (Å²) in [6.45, 7) is 1.04. The number of fused-ring (bicyclic) bond motifs is 3. The van der Waals surface area contributed by atoms with E-state index in [0.717, 1.165) is 23.4 Å². The molecule has 5 heteroatoms. The first-order chi connectivity index (χ1) is 10.5. The quantitative estimate of drug-likeness (QED) is 0.669. The molecule has 3 nitrogen and oxygen atoms in total. The van der Waals surface area contributed by atoms with Crippen LogP contribution in [0.5, 0.6) is 0 Å². The predicted octanol–water partition coefficient (Wildman–Crippen LogP) is 4.27. The van der Waals surface area contributed by atoms with E-state index >= 15 is 0 Å². The van der Waals surface area contributed by atoms with Crippen LogP contribution in [0.2, 0.25) is 0 Å². The fourth-order valence-electron chi connectivity index (χ4n) is 3.15. The second kappa shape index (κ2) is 5.00. The van der Waals surface area contributed by atoms with Crippen LogP contribution in [0.15, 0.2) is 42.5 Å². The molecule has 0 radical (unpaired) electrons. The van der Waals surface area contributed by atoms with Gasteiger partial charge in [-0.1, -0.05) is 24.3 Å². The van der Waals surface area contributed by atoms with Crippen molar-refractivity contribution < 1.29 is 8.42 Å². The average Bonchev–Trinajstić information content (AvgIpc) is 3.22. The number of nitrogens with zero attached hydrogens (tertiary/aromatic N) is 1. The van der Waals surface area contributed by atoms with Crippen LogP contribution in [-0.4, -0.2) is 13.0 Å². The van der Waals surface area contributed by atoms with Crippen LogP contribution in [0.1, 0.15) is 18.4 Å². The second-order valence-electron chi connectivity index (χ2n) is 6.11. The highest BCUT2D eigenvalue weighted by Gasteiger charge is 2.23. The van der Waals surface area contributed by atoms with E-state index in [-0.39, 0.29) is 5.75 Å².